The number of thiazole rings is 1. The minimum Gasteiger partial charge on any atom is -0.378 e. The van der Waals surface area contributed by atoms with Crippen molar-refractivity contribution in [2.24, 2.45) is 0 Å². The molecule has 0 radical (unpaired) electrons. The molecule has 3 rings (SSSR count). The van der Waals surface area contributed by atoms with Crippen molar-refractivity contribution in [3.05, 3.63) is 35.3 Å². The molecule has 1 aliphatic rings. The highest BCUT2D eigenvalue weighted by Gasteiger charge is 2.19. The summed E-state index contributed by atoms with van der Waals surface area (Å²) in [5.74, 6) is 0. The molecule has 0 bridgehead atoms. The zero-order valence-corrected chi connectivity index (χ0v) is 18.2. The Hall–Kier alpha value is -1.59. The van der Waals surface area contributed by atoms with Gasteiger partial charge in [0, 0.05) is 23.9 Å². The van der Waals surface area contributed by atoms with Gasteiger partial charge in [-0.2, -0.15) is 0 Å². The second kappa shape index (κ2) is 11.2. The summed E-state index contributed by atoms with van der Waals surface area (Å²) in [4.78, 5) is 7.09. The van der Waals surface area contributed by atoms with Gasteiger partial charge in [0.1, 0.15) is 0 Å². The average molecular weight is 378 g/mol. The molecule has 1 aromatic heterocycles. The molecule has 0 saturated carbocycles. The summed E-state index contributed by atoms with van der Waals surface area (Å²) >= 11 is 1.66. The maximum Gasteiger partial charge on any atom is 0.187 e. The smallest absolute Gasteiger partial charge is 0.187 e. The lowest BCUT2D eigenvalue weighted by Gasteiger charge is -2.30. The number of hydrogen-bond donors (Lipinski definition) is 1. The Morgan fingerprint density at radius 3 is 2.23 bits per heavy atom. The zero-order valence-electron chi connectivity index (χ0n) is 17.4. The van der Waals surface area contributed by atoms with Crippen LogP contribution in [0.4, 0.5) is 16.5 Å². The highest BCUT2D eigenvalue weighted by Crippen LogP contribution is 2.32. The van der Waals surface area contributed by atoms with Crippen LogP contribution in [-0.2, 0) is 10.2 Å². The predicted octanol–water partition coefficient (Wildman–Crippen LogP) is 6.07. The molecule has 26 heavy (non-hydrogen) atoms. The van der Waals surface area contributed by atoms with Gasteiger partial charge in [0.25, 0.3) is 0 Å². The van der Waals surface area contributed by atoms with Crippen LogP contribution in [0.2, 0.25) is 0 Å². The molecule has 1 N–H and O–H groups in total. The molecule has 1 fully saturated rings. The first-order valence-electron chi connectivity index (χ1n) is 9.69. The summed E-state index contributed by atoms with van der Waals surface area (Å²) in [6, 6.07) is 8.41. The Kier molecular flexibility index (Phi) is 9.66. The minimum absolute atomic E-state index is 0.0835. The van der Waals surface area contributed by atoms with Crippen LogP contribution in [0, 0.1) is 0 Å². The van der Waals surface area contributed by atoms with E-state index in [-0.39, 0.29) is 5.41 Å². The molecular formula is C21H35N3OS. The van der Waals surface area contributed by atoms with Crippen LogP contribution in [-0.4, -0.2) is 31.3 Å². The molecule has 4 nitrogen and oxygen atoms in total. The molecule has 5 heteroatoms. The van der Waals surface area contributed by atoms with E-state index in [0.29, 0.717) is 0 Å². The number of morpholine rings is 1. The Labute approximate surface area is 163 Å². The number of benzene rings is 1. The lowest BCUT2D eigenvalue weighted by molar-refractivity contribution is 0.123. The summed E-state index contributed by atoms with van der Waals surface area (Å²) in [6.07, 6.45) is 0. The lowest BCUT2D eigenvalue weighted by Crippen LogP contribution is -2.36. The van der Waals surface area contributed by atoms with E-state index in [4.69, 9.17) is 9.72 Å². The molecule has 0 atom stereocenters. The normalized spacial score (nSPS) is 13.9. The van der Waals surface area contributed by atoms with Gasteiger partial charge >= 0.3 is 0 Å². The molecule has 1 aromatic carbocycles. The van der Waals surface area contributed by atoms with E-state index in [1.54, 1.807) is 11.3 Å². The Bertz CT molecular complexity index is 628. The van der Waals surface area contributed by atoms with Crippen LogP contribution >= 0.6 is 11.3 Å². The summed E-state index contributed by atoms with van der Waals surface area (Å²) in [7, 11) is 0. The van der Waals surface area contributed by atoms with Crippen molar-refractivity contribution in [3.8, 4) is 0 Å². The van der Waals surface area contributed by atoms with Gasteiger partial charge in [0.15, 0.2) is 5.13 Å². The van der Waals surface area contributed by atoms with E-state index >= 15 is 0 Å². The average Bonchev–Trinajstić information content (AvgIpc) is 3.15. The number of aromatic nitrogens is 1. The quantitative estimate of drug-likeness (QED) is 0.704. The molecule has 2 heterocycles. The van der Waals surface area contributed by atoms with Crippen LogP contribution < -0.4 is 10.2 Å². The van der Waals surface area contributed by atoms with Crippen molar-refractivity contribution in [1.29, 1.82) is 0 Å². The maximum absolute atomic E-state index is 5.45. The summed E-state index contributed by atoms with van der Waals surface area (Å²) < 4.78 is 5.45. The number of para-hydroxylation sites is 2. The van der Waals surface area contributed by atoms with Crippen molar-refractivity contribution in [2.45, 2.75) is 53.9 Å². The van der Waals surface area contributed by atoms with Crippen molar-refractivity contribution in [3.63, 3.8) is 0 Å². The first kappa shape index (κ1) is 22.5. The molecule has 0 amide bonds. The molecule has 146 valence electrons. The standard InChI is InChI=1S/C17H23N3OS.2C2H6/c1-17(2,3)15-12-22-16(19-15)18-13-6-4-5-7-14(13)20-8-10-21-11-9-20;2*1-2/h4-7,12H,8-11H2,1-3H3,(H,18,19);2*1-2H3. The third kappa shape index (κ3) is 6.29. The second-order valence-electron chi connectivity index (χ2n) is 6.53. The monoisotopic (exact) mass is 377 g/mol. The van der Waals surface area contributed by atoms with Crippen molar-refractivity contribution < 1.29 is 4.74 Å². The van der Waals surface area contributed by atoms with E-state index in [0.717, 1.165) is 42.8 Å². The van der Waals surface area contributed by atoms with E-state index < -0.39 is 0 Å². The van der Waals surface area contributed by atoms with Gasteiger partial charge in [-0.3, -0.25) is 0 Å². The van der Waals surface area contributed by atoms with Crippen LogP contribution in [0.25, 0.3) is 0 Å². The van der Waals surface area contributed by atoms with Gasteiger partial charge in [-0.25, -0.2) is 4.98 Å². The third-order valence-electron chi connectivity index (χ3n) is 3.77. The van der Waals surface area contributed by atoms with Crippen LogP contribution in [0.3, 0.4) is 0 Å². The van der Waals surface area contributed by atoms with Crippen LogP contribution in [0.5, 0.6) is 0 Å². The summed E-state index contributed by atoms with van der Waals surface area (Å²) in [5.41, 5.74) is 3.54. The van der Waals surface area contributed by atoms with Gasteiger partial charge in [0.2, 0.25) is 0 Å². The van der Waals surface area contributed by atoms with E-state index in [1.807, 2.05) is 27.7 Å². The highest BCUT2D eigenvalue weighted by molar-refractivity contribution is 7.13. The number of nitrogens with one attached hydrogen (secondary N) is 1. The SMILES string of the molecule is CC.CC.CC(C)(C)c1csc(Nc2ccccc2N2CCOCC2)n1. The zero-order chi connectivity index (χ0) is 19.6. The fourth-order valence-electron chi connectivity index (χ4n) is 2.45. The van der Waals surface area contributed by atoms with Crippen molar-refractivity contribution in [2.75, 3.05) is 36.5 Å². The molecule has 1 aliphatic heterocycles. The molecule has 0 spiro atoms. The maximum atomic E-state index is 5.45. The van der Waals surface area contributed by atoms with Gasteiger partial charge < -0.3 is 15.0 Å². The minimum atomic E-state index is 0.0835. The Morgan fingerprint density at radius 1 is 1.04 bits per heavy atom. The number of ether oxygens (including phenoxy) is 1. The van der Waals surface area contributed by atoms with E-state index in [1.165, 1.54) is 5.69 Å². The molecule has 1 saturated heterocycles. The van der Waals surface area contributed by atoms with Crippen molar-refractivity contribution in [1.82, 2.24) is 4.98 Å². The largest absolute Gasteiger partial charge is 0.378 e. The Morgan fingerprint density at radius 2 is 1.65 bits per heavy atom. The number of anilines is 3. The van der Waals surface area contributed by atoms with E-state index in [2.05, 4.69) is 60.6 Å². The third-order valence-corrected chi connectivity index (χ3v) is 4.53. The van der Waals surface area contributed by atoms with Gasteiger partial charge in [-0.15, -0.1) is 11.3 Å². The summed E-state index contributed by atoms with van der Waals surface area (Å²) in [5, 5.41) is 6.58. The lowest BCUT2D eigenvalue weighted by atomic mass is 9.93. The van der Waals surface area contributed by atoms with Crippen LogP contribution in [0.1, 0.15) is 54.2 Å². The first-order valence-corrected chi connectivity index (χ1v) is 10.6. The van der Waals surface area contributed by atoms with Gasteiger partial charge in [-0.1, -0.05) is 60.6 Å². The molecule has 0 aliphatic carbocycles. The number of hydrogen-bond acceptors (Lipinski definition) is 5. The van der Waals surface area contributed by atoms with Gasteiger partial charge in [-0.05, 0) is 12.1 Å². The second-order valence-corrected chi connectivity index (χ2v) is 7.39. The topological polar surface area (TPSA) is 37.4 Å². The predicted molar refractivity (Wildman–Crippen MR) is 116 cm³/mol. The fourth-order valence-corrected chi connectivity index (χ4v) is 3.40. The molecular weight excluding hydrogens is 342 g/mol. The van der Waals surface area contributed by atoms with Crippen molar-refractivity contribution >= 4 is 27.8 Å². The van der Waals surface area contributed by atoms with Crippen LogP contribution in [0.15, 0.2) is 29.6 Å². The fraction of sp³-hybridized carbons (Fsp3) is 0.571. The number of rotatable bonds is 3. The van der Waals surface area contributed by atoms with Gasteiger partial charge in [0.05, 0.1) is 30.3 Å². The molecule has 0 unspecified atom stereocenters. The van der Waals surface area contributed by atoms with E-state index in [9.17, 15) is 0 Å². The highest BCUT2D eigenvalue weighted by atomic mass is 32.1. The Balaban J connectivity index is 0.000000791. The number of nitrogens with zero attached hydrogens (tertiary/aromatic N) is 2. The molecule has 2 aromatic rings. The summed E-state index contributed by atoms with van der Waals surface area (Å²) in [6.45, 7) is 18.0. The first-order chi connectivity index (χ1) is 12.5.